The van der Waals surface area contributed by atoms with Gasteiger partial charge in [0.25, 0.3) is 0 Å². The minimum atomic E-state index is 0.376. The highest BCUT2D eigenvalue weighted by molar-refractivity contribution is 5.84. The number of hydrogen-bond acceptors (Lipinski definition) is 3. The molecule has 0 radical (unpaired) electrons. The lowest BCUT2D eigenvalue weighted by atomic mass is 10.1. The number of aryl methyl sites for hydroxylation is 1. The molecule has 0 aliphatic rings. The summed E-state index contributed by atoms with van der Waals surface area (Å²) in [4.78, 5) is 14.7. The fraction of sp³-hybridized carbons (Fsp3) is 0.105. The minimum absolute atomic E-state index is 0.376. The molecule has 0 atom stereocenters. The van der Waals surface area contributed by atoms with Crippen LogP contribution in [0, 0.1) is 6.92 Å². The zero-order chi connectivity index (χ0) is 16.5. The van der Waals surface area contributed by atoms with E-state index in [-0.39, 0.29) is 0 Å². The zero-order valence-corrected chi connectivity index (χ0v) is 13.2. The van der Waals surface area contributed by atoms with E-state index in [9.17, 15) is 4.79 Å². The van der Waals surface area contributed by atoms with Gasteiger partial charge in [0.05, 0.1) is 11.4 Å². The lowest BCUT2D eigenvalue weighted by molar-refractivity contribution is 0.111. The van der Waals surface area contributed by atoms with Crippen LogP contribution in [-0.4, -0.2) is 26.3 Å². The van der Waals surface area contributed by atoms with Crippen molar-refractivity contribution in [2.75, 3.05) is 0 Å². The first-order valence-corrected chi connectivity index (χ1v) is 7.78. The Morgan fingerprint density at radius 1 is 1.12 bits per heavy atom. The van der Waals surface area contributed by atoms with E-state index >= 15 is 0 Å². The number of benzene rings is 2. The van der Waals surface area contributed by atoms with Gasteiger partial charge in [-0.25, -0.2) is 4.68 Å². The van der Waals surface area contributed by atoms with Crippen LogP contribution in [-0.2, 0) is 6.42 Å². The molecule has 2 aromatic carbocycles. The third kappa shape index (κ3) is 2.40. The first-order valence-electron chi connectivity index (χ1n) is 7.78. The number of H-pyrrole nitrogens is 1. The van der Waals surface area contributed by atoms with Gasteiger partial charge in [0.2, 0.25) is 0 Å². The molecule has 4 rings (SSSR count). The largest absolute Gasteiger partial charge is 0.361 e. The second-order valence-electron chi connectivity index (χ2n) is 5.82. The Bertz CT molecular complexity index is 1010. The van der Waals surface area contributed by atoms with E-state index < -0.39 is 0 Å². The highest BCUT2D eigenvalue weighted by atomic mass is 16.1. The van der Waals surface area contributed by atoms with Crippen molar-refractivity contribution in [3.05, 3.63) is 77.2 Å². The summed E-state index contributed by atoms with van der Waals surface area (Å²) in [5.74, 6) is 0. The van der Waals surface area contributed by atoms with Crippen LogP contribution in [0.1, 0.15) is 27.3 Å². The first-order chi connectivity index (χ1) is 11.8. The van der Waals surface area contributed by atoms with Gasteiger partial charge in [-0.2, -0.15) is 0 Å². The van der Waals surface area contributed by atoms with E-state index in [4.69, 9.17) is 0 Å². The lowest BCUT2D eigenvalue weighted by Crippen LogP contribution is -2.04. The molecule has 0 aliphatic carbocycles. The number of carbonyl (C=O) groups excluding carboxylic acids is 1. The van der Waals surface area contributed by atoms with Gasteiger partial charge in [-0.15, -0.1) is 5.10 Å². The van der Waals surface area contributed by atoms with Crippen molar-refractivity contribution in [1.29, 1.82) is 0 Å². The molecule has 0 unspecified atom stereocenters. The van der Waals surface area contributed by atoms with Crippen LogP contribution in [0.3, 0.4) is 0 Å². The Kier molecular flexibility index (Phi) is 3.46. The van der Waals surface area contributed by atoms with Gasteiger partial charge < -0.3 is 4.98 Å². The maximum atomic E-state index is 11.4. The molecule has 0 spiro atoms. The van der Waals surface area contributed by atoms with Gasteiger partial charge in [-0.05, 0) is 30.7 Å². The first kappa shape index (κ1) is 14.4. The lowest BCUT2D eigenvalue weighted by Gasteiger charge is -2.07. The Morgan fingerprint density at radius 3 is 2.71 bits per heavy atom. The summed E-state index contributed by atoms with van der Waals surface area (Å²) in [7, 11) is 0. The third-order valence-electron chi connectivity index (χ3n) is 4.22. The fourth-order valence-corrected chi connectivity index (χ4v) is 2.92. The molecule has 1 N–H and O–H groups in total. The second kappa shape index (κ2) is 5.77. The number of para-hydroxylation sites is 1. The molecular weight excluding hydrogens is 300 g/mol. The summed E-state index contributed by atoms with van der Waals surface area (Å²) >= 11 is 0. The molecule has 0 bridgehead atoms. The van der Waals surface area contributed by atoms with Crippen LogP contribution < -0.4 is 0 Å². The van der Waals surface area contributed by atoms with Gasteiger partial charge in [0.15, 0.2) is 6.29 Å². The Morgan fingerprint density at radius 2 is 1.92 bits per heavy atom. The molecule has 0 fully saturated rings. The number of rotatable bonds is 4. The molecule has 4 aromatic rings. The number of aromatic nitrogens is 4. The topological polar surface area (TPSA) is 63.6 Å². The average molecular weight is 316 g/mol. The van der Waals surface area contributed by atoms with Crippen molar-refractivity contribution in [1.82, 2.24) is 20.0 Å². The molecule has 24 heavy (non-hydrogen) atoms. The molecule has 0 saturated heterocycles. The fourth-order valence-electron chi connectivity index (χ4n) is 2.92. The SMILES string of the molecule is Cc1ccc(-n2nnc(C=O)c2Cc2c[nH]c3ccccc23)cc1. The van der Waals surface area contributed by atoms with Gasteiger partial charge in [0, 0.05) is 23.5 Å². The van der Waals surface area contributed by atoms with Gasteiger partial charge in [0.1, 0.15) is 5.69 Å². The van der Waals surface area contributed by atoms with Crippen LogP contribution in [0.5, 0.6) is 0 Å². The molecule has 5 nitrogen and oxygen atoms in total. The Hall–Kier alpha value is -3.21. The number of fused-ring (bicyclic) bond motifs is 1. The second-order valence-corrected chi connectivity index (χ2v) is 5.82. The van der Waals surface area contributed by atoms with E-state index in [1.54, 1.807) is 4.68 Å². The van der Waals surface area contributed by atoms with E-state index in [2.05, 4.69) is 21.4 Å². The molecule has 0 aliphatic heterocycles. The maximum Gasteiger partial charge on any atom is 0.172 e. The van der Waals surface area contributed by atoms with Crippen molar-refractivity contribution in [3.8, 4) is 5.69 Å². The van der Waals surface area contributed by atoms with Crippen molar-refractivity contribution >= 4 is 17.2 Å². The van der Waals surface area contributed by atoms with E-state index in [1.165, 1.54) is 5.56 Å². The maximum absolute atomic E-state index is 11.4. The highest BCUT2D eigenvalue weighted by Crippen LogP contribution is 2.23. The number of aromatic amines is 1. The minimum Gasteiger partial charge on any atom is -0.361 e. The molecule has 2 aromatic heterocycles. The standard InChI is InChI=1S/C19H16N4O/c1-13-6-8-15(9-7-13)23-19(18(12-24)21-22-23)10-14-11-20-17-5-3-2-4-16(14)17/h2-9,11-12,20H,10H2,1H3. The van der Waals surface area contributed by atoms with E-state index in [1.807, 2.05) is 55.6 Å². The number of nitrogens with one attached hydrogen (secondary N) is 1. The predicted molar refractivity (Wildman–Crippen MR) is 92.6 cm³/mol. The van der Waals surface area contributed by atoms with Gasteiger partial charge >= 0.3 is 0 Å². The van der Waals surface area contributed by atoms with Crippen molar-refractivity contribution in [3.63, 3.8) is 0 Å². The molecule has 118 valence electrons. The smallest absolute Gasteiger partial charge is 0.172 e. The summed E-state index contributed by atoms with van der Waals surface area (Å²) in [5.41, 5.74) is 5.43. The monoisotopic (exact) mass is 316 g/mol. The molecule has 0 saturated carbocycles. The average Bonchev–Trinajstić information content (AvgIpc) is 3.21. The highest BCUT2D eigenvalue weighted by Gasteiger charge is 2.16. The Labute approximate surface area is 138 Å². The normalized spacial score (nSPS) is 11.0. The Balaban J connectivity index is 1.81. The summed E-state index contributed by atoms with van der Waals surface area (Å²) in [6.45, 7) is 2.04. The third-order valence-corrected chi connectivity index (χ3v) is 4.22. The molecule has 2 heterocycles. The van der Waals surface area contributed by atoms with Crippen molar-refractivity contribution < 1.29 is 4.79 Å². The quantitative estimate of drug-likeness (QED) is 0.586. The number of carbonyl (C=O) groups is 1. The number of aldehydes is 1. The number of hydrogen-bond donors (Lipinski definition) is 1. The van der Waals surface area contributed by atoms with Crippen LogP contribution in [0.25, 0.3) is 16.6 Å². The predicted octanol–water partition coefficient (Wildman–Crippen LogP) is 3.46. The summed E-state index contributed by atoms with van der Waals surface area (Å²) < 4.78 is 1.74. The van der Waals surface area contributed by atoms with Gasteiger partial charge in [-0.3, -0.25) is 4.79 Å². The summed E-state index contributed by atoms with van der Waals surface area (Å²) in [6, 6.07) is 16.1. The van der Waals surface area contributed by atoms with Gasteiger partial charge in [-0.1, -0.05) is 41.1 Å². The van der Waals surface area contributed by atoms with Crippen LogP contribution in [0.4, 0.5) is 0 Å². The van der Waals surface area contributed by atoms with Crippen LogP contribution >= 0.6 is 0 Å². The van der Waals surface area contributed by atoms with E-state index in [0.717, 1.165) is 34.1 Å². The zero-order valence-electron chi connectivity index (χ0n) is 13.2. The van der Waals surface area contributed by atoms with Crippen molar-refractivity contribution in [2.45, 2.75) is 13.3 Å². The van der Waals surface area contributed by atoms with Crippen LogP contribution in [0.2, 0.25) is 0 Å². The van der Waals surface area contributed by atoms with E-state index in [0.29, 0.717) is 12.1 Å². The molecule has 0 amide bonds. The number of nitrogens with zero attached hydrogens (tertiary/aromatic N) is 3. The molecular formula is C19H16N4O. The van der Waals surface area contributed by atoms with Crippen LogP contribution in [0.15, 0.2) is 54.7 Å². The summed E-state index contributed by atoms with van der Waals surface area (Å²) in [5, 5.41) is 9.35. The summed E-state index contributed by atoms with van der Waals surface area (Å²) in [6.07, 6.45) is 3.33. The molecule has 5 heteroatoms. The van der Waals surface area contributed by atoms with Crippen molar-refractivity contribution in [2.24, 2.45) is 0 Å².